The molecule has 1 aromatic rings. The summed E-state index contributed by atoms with van der Waals surface area (Å²) in [6, 6.07) is 9.13. The minimum absolute atomic E-state index is 0.0821. The van der Waals surface area contributed by atoms with Gasteiger partial charge >= 0.3 is 0 Å². The summed E-state index contributed by atoms with van der Waals surface area (Å²) in [5.41, 5.74) is 1.29. The summed E-state index contributed by atoms with van der Waals surface area (Å²) in [5, 5.41) is 13.8. The van der Waals surface area contributed by atoms with Crippen LogP contribution in [0, 0.1) is 10.8 Å². The molecule has 1 aliphatic rings. The molecule has 1 aliphatic carbocycles. The van der Waals surface area contributed by atoms with Gasteiger partial charge in [0.05, 0.1) is 12.1 Å². The zero-order valence-corrected chi connectivity index (χ0v) is 17.1. The van der Waals surface area contributed by atoms with Gasteiger partial charge in [-0.1, -0.05) is 58.7 Å². The summed E-state index contributed by atoms with van der Waals surface area (Å²) in [7, 11) is 0. The quantitative estimate of drug-likeness (QED) is 0.749. The number of carbonyl (C=O) groups is 1. The van der Waals surface area contributed by atoms with Crippen molar-refractivity contribution in [2.45, 2.75) is 91.2 Å². The van der Waals surface area contributed by atoms with E-state index in [0.29, 0.717) is 16.4 Å². The Morgan fingerprint density at radius 3 is 2.04 bits per heavy atom. The van der Waals surface area contributed by atoms with Crippen molar-refractivity contribution in [2.75, 3.05) is 0 Å². The molecule has 0 spiro atoms. The molecule has 0 bridgehead atoms. The van der Waals surface area contributed by atoms with Gasteiger partial charge < -0.3 is 10.4 Å². The highest BCUT2D eigenvalue weighted by Gasteiger charge is 2.28. The predicted octanol–water partition coefficient (Wildman–Crippen LogP) is 5.33. The van der Waals surface area contributed by atoms with E-state index in [-0.39, 0.29) is 11.9 Å². The first kappa shape index (κ1) is 21.0. The van der Waals surface area contributed by atoms with Crippen molar-refractivity contribution in [3.05, 3.63) is 35.9 Å². The highest BCUT2D eigenvalue weighted by atomic mass is 16.3. The van der Waals surface area contributed by atoms with E-state index in [2.05, 4.69) is 33.0 Å². The number of aliphatic hydroxyl groups excluding tert-OH is 1. The van der Waals surface area contributed by atoms with Gasteiger partial charge in [0.1, 0.15) is 0 Å². The van der Waals surface area contributed by atoms with Gasteiger partial charge in [0.25, 0.3) is 5.91 Å². The lowest BCUT2D eigenvalue weighted by molar-refractivity contribution is 0.0755. The van der Waals surface area contributed by atoms with E-state index in [1.54, 1.807) is 0 Å². The maximum absolute atomic E-state index is 12.5. The Balaban J connectivity index is 2.05. The number of amides is 1. The molecule has 2 rings (SSSR count). The molecule has 3 nitrogen and oxygen atoms in total. The Hall–Kier alpha value is -1.35. The van der Waals surface area contributed by atoms with Crippen LogP contribution in [0.1, 0.15) is 89.4 Å². The van der Waals surface area contributed by atoms with Crippen LogP contribution in [0.2, 0.25) is 0 Å². The van der Waals surface area contributed by atoms with Gasteiger partial charge in [0, 0.05) is 5.56 Å². The van der Waals surface area contributed by atoms with Crippen LogP contribution in [0.3, 0.4) is 0 Å². The highest BCUT2D eigenvalue weighted by molar-refractivity contribution is 5.94. The van der Waals surface area contributed by atoms with Crippen LogP contribution in [0.5, 0.6) is 0 Å². The van der Waals surface area contributed by atoms with E-state index in [9.17, 15) is 9.90 Å². The number of rotatable bonds is 2. The summed E-state index contributed by atoms with van der Waals surface area (Å²) >= 11 is 0. The summed E-state index contributed by atoms with van der Waals surface area (Å²) < 4.78 is 0. The van der Waals surface area contributed by atoms with Gasteiger partial charge in [-0.05, 0) is 61.5 Å². The SMILES string of the molecule is CC1(C)CCC[C@@H](O)[C@@H](NC(=O)c2ccccc2)CCCC(C)(C)CC1. The van der Waals surface area contributed by atoms with Crippen molar-refractivity contribution >= 4 is 5.91 Å². The fourth-order valence-electron chi connectivity index (χ4n) is 3.92. The summed E-state index contributed by atoms with van der Waals surface area (Å²) in [5.74, 6) is -0.0821. The van der Waals surface area contributed by atoms with Crippen LogP contribution >= 0.6 is 0 Å². The van der Waals surface area contributed by atoms with Crippen molar-refractivity contribution < 1.29 is 9.90 Å². The fraction of sp³-hybridized carbons (Fsp3) is 0.696. The molecule has 0 aromatic heterocycles. The standard InChI is InChI=1S/C23H37NO2/c1-22(2)14-8-12-19(24-21(26)18-10-6-5-7-11-18)20(25)13-9-15-23(3,4)17-16-22/h5-7,10-11,19-20,25H,8-9,12-17H2,1-4H3,(H,24,26)/t19-,20+/m0/s1. The van der Waals surface area contributed by atoms with E-state index in [4.69, 9.17) is 0 Å². The number of carbonyl (C=O) groups excluding carboxylic acids is 1. The summed E-state index contributed by atoms with van der Waals surface area (Å²) in [4.78, 5) is 12.5. The largest absolute Gasteiger partial charge is 0.391 e. The normalized spacial score (nSPS) is 27.0. The topological polar surface area (TPSA) is 49.3 Å². The molecular weight excluding hydrogens is 322 g/mol. The minimum Gasteiger partial charge on any atom is -0.391 e. The van der Waals surface area contributed by atoms with E-state index >= 15 is 0 Å². The van der Waals surface area contributed by atoms with Crippen molar-refractivity contribution in [1.29, 1.82) is 0 Å². The second-order valence-corrected chi connectivity index (χ2v) is 9.63. The second-order valence-electron chi connectivity index (χ2n) is 9.63. The molecule has 1 saturated carbocycles. The van der Waals surface area contributed by atoms with Gasteiger partial charge in [0.15, 0.2) is 0 Å². The van der Waals surface area contributed by atoms with Gasteiger partial charge in [-0.3, -0.25) is 4.79 Å². The molecule has 0 saturated heterocycles. The van der Waals surface area contributed by atoms with Crippen molar-refractivity contribution in [3.8, 4) is 0 Å². The van der Waals surface area contributed by atoms with Crippen LogP contribution < -0.4 is 5.32 Å². The third kappa shape index (κ3) is 6.75. The monoisotopic (exact) mass is 359 g/mol. The smallest absolute Gasteiger partial charge is 0.251 e. The van der Waals surface area contributed by atoms with E-state index in [0.717, 1.165) is 38.5 Å². The maximum Gasteiger partial charge on any atom is 0.251 e. The average molecular weight is 360 g/mol. The van der Waals surface area contributed by atoms with Crippen LogP contribution in [0.4, 0.5) is 0 Å². The van der Waals surface area contributed by atoms with Gasteiger partial charge in [0.2, 0.25) is 0 Å². The molecule has 1 amide bonds. The first-order valence-corrected chi connectivity index (χ1v) is 10.2. The molecule has 2 atom stereocenters. The van der Waals surface area contributed by atoms with Crippen LogP contribution in [-0.2, 0) is 0 Å². The molecule has 2 N–H and O–H groups in total. The molecular formula is C23H37NO2. The Bertz CT molecular complexity index is 565. The van der Waals surface area contributed by atoms with E-state index in [1.165, 1.54) is 12.8 Å². The Morgan fingerprint density at radius 1 is 0.923 bits per heavy atom. The first-order chi connectivity index (χ1) is 12.2. The first-order valence-electron chi connectivity index (χ1n) is 10.2. The van der Waals surface area contributed by atoms with E-state index < -0.39 is 6.10 Å². The van der Waals surface area contributed by atoms with Crippen molar-refractivity contribution in [3.63, 3.8) is 0 Å². The number of hydrogen-bond acceptors (Lipinski definition) is 2. The van der Waals surface area contributed by atoms with Gasteiger partial charge in [-0.25, -0.2) is 0 Å². The molecule has 1 fully saturated rings. The van der Waals surface area contributed by atoms with Crippen molar-refractivity contribution in [2.24, 2.45) is 10.8 Å². The number of nitrogens with one attached hydrogen (secondary N) is 1. The Morgan fingerprint density at radius 2 is 1.46 bits per heavy atom. The zero-order chi connectivity index (χ0) is 19.2. The van der Waals surface area contributed by atoms with Crippen molar-refractivity contribution in [1.82, 2.24) is 5.32 Å². The average Bonchev–Trinajstić information content (AvgIpc) is 2.59. The zero-order valence-electron chi connectivity index (χ0n) is 17.1. The lowest BCUT2D eigenvalue weighted by Crippen LogP contribution is -2.43. The number of benzene rings is 1. The predicted molar refractivity (Wildman–Crippen MR) is 108 cm³/mol. The molecule has 0 aliphatic heterocycles. The molecule has 0 heterocycles. The third-order valence-corrected chi connectivity index (χ3v) is 6.02. The number of hydrogen-bond donors (Lipinski definition) is 2. The molecule has 0 unspecified atom stereocenters. The lowest BCUT2D eigenvalue weighted by Gasteiger charge is -2.34. The minimum atomic E-state index is -0.471. The maximum atomic E-state index is 12.5. The highest BCUT2D eigenvalue weighted by Crippen LogP contribution is 2.38. The molecule has 146 valence electrons. The summed E-state index contributed by atoms with van der Waals surface area (Å²) in [6.45, 7) is 9.39. The second kappa shape index (κ2) is 9.03. The lowest BCUT2D eigenvalue weighted by atomic mass is 9.73. The molecule has 3 heteroatoms. The number of aliphatic hydroxyl groups is 1. The molecule has 26 heavy (non-hydrogen) atoms. The van der Waals surface area contributed by atoms with Crippen LogP contribution in [0.25, 0.3) is 0 Å². The van der Waals surface area contributed by atoms with Crippen LogP contribution in [-0.4, -0.2) is 23.2 Å². The summed E-state index contributed by atoms with van der Waals surface area (Å²) in [6.07, 6.45) is 7.90. The fourth-order valence-corrected chi connectivity index (χ4v) is 3.92. The third-order valence-electron chi connectivity index (χ3n) is 6.02. The van der Waals surface area contributed by atoms with Crippen LogP contribution in [0.15, 0.2) is 30.3 Å². The Kier molecular flexibility index (Phi) is 7.28. The molecule has 1 aromatic carbocycles. The van der Waals surface area contributed by atoms with Gasteiger partial charge in [-0.2, -0.15) is 0 Å². The Labute approximate surface area is 159 Å². The van der Waals surface area contributed by atoms with Gasteiger partial charge in [-0.15, -0.1) is 0 Å². The molecule has 0 radical (unpaired) electrons. The van der Waals surface area contributed by atoms with E-state index in [1.807, 2.05) is 30.3 Å².